The summed E-state index contributed by atoms with van der Waals surface area (Å²) in [5, 5.41) is 2.64. The van der Waals surface area contributed by atoms with Gasteiger partial charge in [0.25, 0.3) is 0 Å². The van der Waals surface area contributed by atoms with Crippen LogP contribution in [0.4, 0.5) is 4.79 Å². The average Bonchev–Trinajstić information content (AvgIpc) is 2.81. The molecule has 0 saturated heterocycles. The normalized spacial score (nSPS) is 34.1. The first-order valence-corrected chi connectivity index (χ1v) is 5.46. The molecule has 0 aliphatic heterocycles. The van der Waals surface area contributed by atoms with E-state index in [-0.39, 0.29) is 11.8 Å². The molecule has 0 spiro atoms. The Morgan fingerprint density at radius 1 is 1.27 bits per heavy atom. The molecule has 0 radical (unpaired) electrons. The lowest BCUT2D eigenvalue weighted by Gasteiger charge is -2.22. The first kappa shape index (κ1) is 10.5. The topological polar surface area (TPSA) is 55.4 Å². The van der Waals surface area contributed by atoms with Gasteiger partial charge in [-0.3, -0.25) is 4.79 Å². The molecule has 0 aromatic heterocycles. The lowest BCUT2D eigenvalue weighted by molar-refractivity contribution is -0.120. The Balaban J connectivity index is 1.93. The van der Waals surface area contributed by atoms with Crippen LogP contribution in [0.25, 0.3) is 0 Å². The minimum Gasteiger partial charge on any atom is -0.453 e. The van der Waals surface area contributed by atoms with Gasteiger partial charge in [-0.25, -0.2) is 4.79 Å². The highest BCUT2D eigenvalue weighted by atomic mass is 16.5. The monoisotopic (exact) mass is 211 g/mol. The molecule has 1 unspecified atom stereocenters. The largest absolute Gasteiger partial charge is 0.453 e. The summed E-state index contributed by atoms with van der Waals surface area (Å²) in [4.78, 5) is 22.5. The van der Waals surface area contributed by atoms with E-state index in [0.717, 1.165) is 24.7 Å². The van der Waals surface area contributed by atoms with Gasteiger partial charge in [0.2, 0.25) is 0 Å². The molecular weight excluding hydrogens is 194 g/mol. The van der Waals surface area contributed by atoms with Gasteiger partial charge in [0.15, 0.2) is 5.78 Å². The molecule has 2 rings (SSSR count). The molecule has 4 heteroatoms. The minimum atomic E-state index is -0.504. The van der Waals surface area contributed by atoms with Crippen LogP contribution in [0.5, 0.6) is 0 Å². The number of hydrogen-bond acceptors (Lipinski definition) is 3. The summed E-state index contributed by atoms with van der Waals surface area (Å²) >= 11 is 0. The lowest BCUT2D eigenvalue weighted by Crippen LogP contribution is -2.44. The zero-order chi connectivity index (χ0) is 11.0. The molecule has 15 heavy (non-hydrogen) atoms. The zero-order valence-corrected chi connectivity index (χ0v) is 9.16. The van der Waals surface area contributed by atoms with Crippen LogP contribution in [0.15, 0.2) is 0 Å². The van der Waals surface area contributed by atoms with Crippen molar-refractivity contribution in [1.82, 2.24) is 5.32 Å². The van der Waals surface area contributed by atoms with Crippen LogP contribution >= 0.6 is 0 Å². The van der Waals surface area contributed by atoms with Crippen molar-refractivity contribution in [2.45, 2.75) is 32.2 Å². The summed E-state index contributed by atoms with van der Waals surface area (Å²) < 4.78 is 4.53. The highest BCUT2D eigenvalue weighted by Crippen LogP contribution is 2.55. The van der Waals surface area contributed by atoms with Gasteiger partial charge in [0, 0.05) is 0 Å². The highest BCUT2D eigenvalue weighted by Gasteiger charge is 2.49. The van der Waals surface area contributed by atoms with Crippen molar-refractivity contribution >= 4 is 11.9 Å². The van der Waals surface area contributed by atoms with Gasteiger partial charge in [-0.15, -0.1) is 0 Å². The third kappa shape index (κ3) is 2.13. The molecule has 0 aromatic carbocycles. The Hall–Kier alpha value is -1.06. The number of hydrogen-bond donors (Lipinski definition) is 1. The molecule has 0 aromatic rings. The summed E-state index contributed by atoms with van der Waals surface area (Å²) in [6, 6.07) is -0.342. The SMILES string of the molecule is COC(=O)NC(C(C)=O)[C@@H]1C[C@@H]2C[C@@H]2C1. The van der Waals surface area contributed by atoms with Crippen LogP contribution in [-0.2, 0) is 9.53 Å². The average molecular weight is 211 g/mol. The van der Waals surface area contributed by atoms with E-state index >= 15 is 0 Å². The number of carbonyl (C=O) groups is 2. The van der Waals surface area contributed by atoms with Crippen LogP contribution in [0.3, 0.4) is 0 Å². The van der Waals surface area contributed by atoms with E-state index in [2.05, 4.69) is 10.1 Å². The van der Waals surface area contributed by atoms with Crippen LogP contribution in [0.1, 0.15) is 26.2 Å². The summed E-state index contributed by atoms with van der Waals surface area (Å²) in [5.74, 6) is 1.99. The Kier molecular flexibility index (Phi) is 2.67. The molecule has 0 heterocycles. The van der Waals surface area contributed by atoms with Crippen molar-refractivity contribution in [2.75, 3.05) is 7.11 Å². The maximum Gasteiger partial charge on any atom is 0.407 e. The Morgan fingerprint density at radius 3 is 2.33 bits per heavy atom. The fourth-order valence-electron chi connectivity index (χ4n) is 2.77. The van der Waals surface area contributed by atoms with Gasteiger partial charge >= 0.3 is 6.09 Å². The van der Waals surface area contributed by atoms with Gasteiger partial charge in [-0.2, -0.15) is 0 Å². The highest BCUT2D eigenvalue weighted by molar-refractivity contribution is 5.85. The first-order valence-electron chi connectivity index (χ1n) is 5.46. The number of rotatable bonds is 3. The molecule has 4 atom stereocenters. The predicted octanol–water partition coefficient (Wildman–Crippen LogP) is 1.35. The van der Waals surface area contributed by atoms with E-state index < -0.39 is 6.09 Å². The second-order valence-corrected chi connectivity index (χ2v) is 4.71. The predicted molar refractivity (Wildman–Crippen MR) is 54.3 cm³/mol. The van der Waals surface area contributed by atoms with Gasteiger partial charge in [0.05, 0.1) is 13.2 Å². The Morgan fingerprint density at radius 2 is 1.87 bits per heavy atom. The van der Waals surface area contributed by atoms with Crippen molar-refractivity contribution in [3.8, 4) is 0 Å². The molecule has 1 N–H and O–H groups in total. The quantitative estimate of drug-likeness (QED) is 0.766. The molecule has 2 saturated carbocycles. The van der Waals surface area contributed by atoms with E-state index in [0.29, 0.717) is 5.92 Å². The van der Waals surface area contributed by atoms with Gasteiger partial charge in [0.1, 0.15) is 0 Å². The number of ketones is 1. The molecule has 2 aliphatic rings. The zero-order valence-electron chi connectivity index (χ0n) is 9.16. The standard InChI is InChI=1S/C11H17NO3/c1-6(13)10(12-11(14)15-2)9-4-7-3-8(7)5-9/h7-10H,3-5H2,1-2H3,(H,12,14)/t7-,8+,9+,10?. The second kappa shape index (κ2) is 3.83. The van der Waals surface area contributed by atoms with Crippen molar-refractivity contribution in [3.05, 3.63) is 0 Å². The van der Waals surface area contributed by atoms with Gasteiger partial charge < -0.3 is 10.1 Å². The third-order valence-electron chi connectivity index (χ3n) is 3.65. The van der Waals surface area contributed by atoms with Crippen molar-refractivity contribution in [1.29, 1.82) is 0 Å². The van der Waals surface area contributed by atoms with E-state index in [1.54, 1.807) is 0 Å². The summed E-state index contributed by atoms with van der Waals surface area (Å²) in [7, 11) is 1.32. The number of fused-ring (bicyclic) bond motifs is 1. The number of amides is 1. The smallest absolute Gasteiger partial charge is 0.407 e. The lowest BCUT2D eigenvalue weighted by atomic mass is 9.92. The first-order chi connectivity index (χ1) is 7.11. The van der Waals surface area contributed by atoms with Crippen LogP contribution in [-0.4, -0.2) is 25.0 Å². The molecule has 1 amide bonds. The number of alkyl carbamates (subject to hydrolysis) is 1. The Bertz CT molecular complexity index is 280. The van der Waals surface area contributed by atoms with Crippen LogP contribution in [0.2, 0.25) is 0 Å². The minimum absolute atomic E-state index is 0.0340. The number of nitrogens with one attached hydrogen (secondary N) is 1. The van der Waals surface area contributed by atoms with E-state index in [9.17, 15) is 9.59 Å². The van der Waals surface area contributed by atoms with E-state index in [1.165, 1.54) is 20.5 Å². The molecule has 2 aliphatic carbocycles. The van der Waals surface area contributed by atoms with Crippen molar-refractivity contribution in [2.24, 2.45) is 17.8 Å². The van der Waals surface area contributed by atoms with Crippen molar-refractivity contribution < 1.29 is 14.3 Å². The maximum atomic E-state index is 11.4. The van der Waals surface area contributed by atoms with Crippen LogP contribution < -0.4 is 5.32 Å². The molecule has 4 nitrogen and oxygen atoms in total. The van der Waals surface area contributed by atoms with Crippen LogP contribution in [0, 0.1) is 17.8 Å². The number of Topliss-reactive ketones (excluding diaryl/α,β-unsaturated/α-hetero) is 1. The molecule has 0 bridgehead atoms. The van der Waals surface area contributed by atoms with Gasteiger partial charge in [-0.05, 0) is 43.9 Å². The van der Waals surface area contributed by atoms with Gasteiger partial charge in [-0.1, -0.05) is 0 Å². The fraction of sp³-hybridized carbons (Fsp3) is 0.818. The molecule has 84 valence electrons. The van der Waals surface area contributed by atoms with E-state index in [4.69, 9.17) is 0 Å². The fourth-order valence-corrected chi connectivity index (χ4v) is 2.77. The molecular formula is C11H17NO3. The Labute approximate surface area is 89.4 Å². The summed E-state index contributed by atoms with van der Waals surface area (Å²) in [6.45, 7) is 1.53. The molecule has 2 fully saturated rings. The third-order valence-corrected chi connectivity index (χ3v) is 3.65. The summed E-state index contributed by atoms with van der Waals surface area (Å²) in [5.41, 5.74) is 0. The second-order valence-electron chi connectivity index (χ2n) is 4.71. The maximum absolute atomic E-state index is 11.4. The number of ether oxygens (including phenoxy) is 1. The summed E-state index contributed by atoms with van der Waals surface area (Å²) in [6.07, 6.45) is 2.98. The number of methoxy groups -OCH3 is 1. The van der Waals surface area contributed by atoms with Crippen molar-refractivity contribution in [3.63, 3.8) is 0 Å². The number of carbonyl (C=O) groups excluding carboxylic acids is 2. The van der Waals surface area contributed by atoms with E-state index in [1.807, 2.05) is 0 Å².